The number of ether oxygens (including phenoxy) is 3. The van der Waals surface area contributed by atoms with Crippen LogP contribution < -0.4 is 11.5 Å². The van der Waals surface area contributed by atoms with Gasteiger partial charge in [-0.3, -0.25) is 0 Å². The molecule has 0 unspecified atom stereocenters. The maximum atomic E-state index is 12.6. The van der Waals surface area contributed by atoms with Crippen molar-refractivity contribution >= 4 is 29.4 Å². The molecule has 0 saturated heterocycles. The lowest BCUT2D eigenvalue weighted by Crippen LogP contribution is -2.28. The first-order valence-electron chi connectivity index (χ1n) is 14.4. The molecule has 0 amide bonds. The Morgan fingerprint density at radius 2 is 1.56 bits per heavy atom. The van der Waals surface area contributed by atoms with Crippen molar-refractivity contribution in [1.29, 1.82) is 0 Å². The standard InChI is InChI=1S/C32H44N2O5/c1-2-3-4-5-6-7-21-37-28-15-17-29(18-16-28)39-32(36)26-11-8-24(9-12-26)10-19-31(35)38-22-20-25-13-14-27(33)23-30(25)34/h8-14,19,23,28-29H,2-7,15-18,20-22,33-34H2,1H3. The van der Waals surface area contributed by atoms with Crippen molar-refractivity contribution in [3.8, 4) is 0 Å². The lowest BCUT2D eigenvalue weighted by Gasteiger charge is -2.28. The van der Waals surface area contributed by atoms with Crippen molar-refractivity contribution in [3.63, 3.8) is 0 Å². The zero-order valence-corrected chi connectivity index (χ0v) is 23.2. The molecule has 0 radical (unpaired) electrons. The predicted molar refractivity (Wildman–Crippen MR) is 156 cm³/mol. The highest BCUT2D eigenvalue weighted by Gasteiger charge is 2.24. The lowest BCUT2D eigenvalue weighted by atomic mass is 9.95. The average Bonchev–Trinajstić information content (AvgIpc) is 2.94. The Morgan fingerprint density at radius 1 is 0.872 bits per heavy atom. The molecular formula is C32H44N2O5. The van der Waals surface area contributed by atoms with Crippen molar-refractivity contribution in [2.24, 2.45) is 0 Å². The van der Waals surface area contributed by atoms with Gasteiger partial charge in [0.1, 0.15) is 6.10 Å². The fraction of sp³-hybridized carbons (Fsp3) is 0.500. The minimum atomic E-state index is -0.445. The molecule has 212 valence electrons. The third kappa shape index (κ3) is 11.1. The van der Waals surface area contributed by atoms with Gasteiger partial charge in [-0.2, -0.15) is 0 Å². The second kappa shape index (κ2) is 16.6. The molecule has 1 fully saturated rings. The number of nitrogens with two attached hydrogens (primary N) is 2. The number of esters is 2. The summed E-state index contributed by atoms with van der Waals surface area (Å²) in [6.07, 6.45) is 14.9. The van der Waals surface area contributed by atoms with Gasteiger partial charge in [0.05, 0.1) is 18.3 Å². The second-order valence-corrected chi connectivity index (χ2v) is 10.3. The summed E-state index contributed by atoms with van der Waals surface area (Å²) in [7, 11) is 0. The van der Waals surface area contributed by atoms with Crippen molar-refractivity contribution in [1.82, 2.24) is 0 Å². The van der Waals surface area contributed by atoms with E-state index in [1.165, 1.54) is 38.2 Å². The number of unbranched alkanes of at least 4 members (excludes halogenated alkanes) is 5. The van der Waals surface area contributed by atoms with Crippen LogP contribution in [0.4, 0.5) is 11.4 Å². The Morgan fingerprint density at radius 3 is 2.28 bits per heavy atom. The third-order valence-electron chi connectivity index (χ3n) is 7.09. The van der Waals surface area contributed by atoms with Gasteiger partial charge in [-0.25, -0.2) is 9.59 Å². The van der Waals surface area contributed by atoms with Crippen molar-refractivity contribution in [2.75, 3.05) is 24.7 Å². The highest BCUT2D eigenvalue weighted by atomic mass is 16.5. The Kier molecular flexibility index (Phi) is 12.9. The first-order chi connectivity index (χ1) is 18.9. The normalized spacial score (nSPS) is 17.3. The maximum Gasteiger partial charge on any atom is 0.338 e. The van der Waals surface area contributed by atoms with Crippen LogP contribution in [-0.2, 0) is 25.4 Å². The van der Waals surface area contributed by atoms with Gasteiger partial charge in [-0.1, -0.05) is 57.2 Å². The number of nitrogen functional groups attached to an aromatic ring is 2. The van der Waals surface area contributed by atoms with E-state index < -0.39 is 5.97 Å². The molecule has 0 spiro atoms. The van der Waals surface area contributed by atoms with E-state index in [1.54, 1.807) is 42.5 Å². The second-order valence-electron chi connectivity index (χ2n) is 10.3. The number of carbonyl (C=O) groups excluding carboxylic acids is 2. The smallest absolute Gasteiger partial charge is 0.338 e. The molecule has 3 rings (SSSR count). The lowest BCUT2D eigenvalue weighted by molar-refractivity contribution is -0.137. The molecule has 2 aromatic carbocycles. The van der Waals surface area contributed by atoms with Crippen LogP contribution in [0.3, 0.4) is 0 Å². The molecule has 0 aliphatic heterocycles. The van der Waals surface area contributed by atoms with Gasteiger partial charge in [-0.05, 0) is 73.6 Å². The van der Waals surface area contributed by atoms with E-state index in [9.17, 15) is 9.59 Å². The summed E-state index contributed by atoms with van der Waals surface area (Å²) in [4.78, 5) is 24.7. The molecule has 7 heteroatoms. The number of carbonyl (C=O) groups is 2. The van der Waals surface area contributed by atoms with Gasteiger partial charge in [0, 0.05) is 30.5 Å². The van der Waals surface area contributed by atoms with E-state index in [4.69, 9.17) is 25.7 Å². The minimum Gasteiger partial charge on any atom is -0.462 e. The van der Waals surface area contributed by atoms with Crippen molar-refractivity contribution in [2.45, 2.75) is 89.8 Å². The number of anilines is 2. The molecule has 0 atom stereocenters. The number of rotatable bonds is 15. The monoisotopic (exact) mass is 536 g/mol. The molecule has 1 aliphatic rings. The first kappa shape index (κ1) is 30.2. The van der Waals surface area contributed by atoms with Crippen LogP contribution in [0.25, 0.3) is 6.08 Å². The van der Waals surface area contributed by atoms with E-state index in [2.05, 4.69) is 6.92 Å². The number of hydrogen-bond acceptors (Lipinski definition) is 7. The Balaban J connectivity index is 1.31. The van der Waals surface area contributed by atoms with E-state index in [0.717, 1.165) is 49.8 Å². The molecular weight excluding hydrogens is 492 g/mol. The van der Waals surface area contributed by atoms with Crippen LogP contribution in [-0.4, -0.2) is 37.4 Å². The Bertz CT molecular complexity index is 1060. The summed E-state index contributed by atoms with van der Waals surface area (Å²) in [5.74, 6) is -0.762. The molecule has 4 N–H and O–H groups in total. The zero-order valence-electron chi connectivity index (χ0n) is 23.2. The van der Waals surface area contributed by atoms with Crippen LogP contribution in [0.15, 0.2) is 48.5 Å². The quantitative estimate of drug-likeness (QED) is 0.116. The summed E-state index contributed by atoms with van der Waals surface area (Å²) >= 11 is 0. The van der Waals surface area contributed by atoms with Crippen LogP contribution >= 0.6 is 0 Å². The molecule has 1 saturated carbocycles. The largest absolute Gasteiger partial charge is 0.462 e. The summed E-state index contributed by atoms with van der Waals surface area (Å²) in [6, 6.07) is 12.3. The van der Waals surface area contributed by atoms with E-state index >= 15 is 0 Å². The fourth-order valence-electron chi connectivity index (χ4n) is 4.71. The molecule has 1 aliphatic carbocycles. The number of hydrogen-bond donors (Lipinski definition) is 2. The topological polar surface area (TPSA) is 114 Å². The van der Waals surface area contributed by atoms with Gasteiger partial charge in [-0.15, -0.1) is 0 Å². The van der Waals surface area contributed by atoms with Crippen LogP contribution in [0, 0.1) is 0 Å². The van der Waals surface area contributed by atoms with Crippen LogP contribution in [0.2, 0.25) is 0 Å². The molecule has 2 aromatic rings. The summed E-state index contributed by atoms with van der Waals surface area (Å²) in [6.45, 7) is 3.28. The zero-order chi connectivity index (χ0) is 27.9. The number of benzene rings is 2. The van der Waals surface area contributed by atoms with Gasteiger partial charge in [0.15, 0.2) is 0 Å². The highest BCUT2D eigenvalue weighted by molar-refractivity contribution is 5.90. The Hall–Kier alpha value is -3.32. The molecule has 39 heavy (non-hydrogen) atoms. The summed E-state index contributed by atoms with van der Waals surface area (Å²) < 4.78 is 17.0. The van der Waals surface area contributed by atoms with E-state index in [0.29, 0.717) is 23.4 Å². The van der Waals surface area contributed by atoms with Crippen LogP contribution in [0.5, 0.6) is 0 Å². The summed E-state index contributed by atoms with van der Waals surface area (Å²) in [5, 5.41) is 0. The fourth-order valence-corrected chi connectivity index (χ4v) is 4.71. The van der Waals surface area contributed by atoms with Gasteiger partial charge >= 0.3 is 11.9 Å². The minimum absolute atomic E-state index is 0.0654. The van der Waals surface area contributed by atoms with Crippen molar-refractivity contribution in [3.05, 3.63) is 65.2 Å². The average molecular weight is 537 g/mol. The van der Waals surface area contributed by atoms with Gasteiger partial charge < -0.3 is 25.7 Å². The SMILES string of the molecule is CCCCCCCCOC1CCC(OC(=O)c2ccc(C=CC(=O)OCCc3ccc(N)cc3N)cc2)CC1. The maximum absolute atomic E-state index is 12.6. The predicted octanol–water partition coefficient (Wildman–Crippen LogP) is 6.50. The Labute approximate surface area is 232 Å². The van der Waals surface area contributed by atoms with E-state index in [1.807, 2.05) is 6.07 Å². The molecule has 0 aromatic heterocycles. The van der Waals surface area contributed by atoms with Crippen LogP contribution in [0.1, 0.15) is 92.6 Å². The molecule has 0 bridgehead atoms. The molecule has 0 heterocycles. The molecule has 7 nitrogen and oxygen atoms in total. The van der Waals surface area contributed by atoms with E-state index in [-0.39, 0.29) is 24.8 Å². The first-order valence-corrected chi connectivity index (χ1v) is 14.4. The third-order valence-corrected chi connectivity index (χ3v) is 7.09. The summed E-state index contributed by atoms with van der Waals surface area (Å²) in [5.41, 5.74) is 15.0. The van der Waals surface area contributed by atoms with Crippen molar-refractivity contribution < 1.29 is 23.8 Å². The van der Waals surface area contributed by atoms with Gasteiger partial charge in [0.25, 0.3) is 0 Å². The highest BCUT2D eigenvalue weighted by Crippen LogP contribution is 2.25. The van der Waals surface area contributed by atoms with Gasteiger partial charge in [0.2, 0.25) is 0 Å².